The third-order valence-corrected chi connectivity index (χ3v) is 4.01. The second kappa shape index (κ2) is 5.03. The first-order chi connectivity index (χ1) is 9.16. The van der Waals surface area contributed by atoms with E-state index in [1.54, 1.807) is 18.2 Å². The molecular weight excluding hydrogens is 312 g/mol. The van der Waals surface area contributed by atoms with Crippen LogP contribution in [-0.4, -0.2) is 49.7 Å². The van der Waals surface area contributed by atoms with E-state index in [0.717, 1.165) is 17.6 Å². The SMILES string of the molecule is O=C1c2ccc(Br)cc2C(=O)N1C[NH+]1CCOCC1. The lowest BCUT2D eigenvalue weighted by atomic mass is 10.1. The summed E-state index contributed by atoms with van der Waals surface area (Å²) >= 11 is 3.33. The molecule has 6 heteroatoms. The molecule has 2 amide bonds. The van der Waals surface area contributed by atoms with Crippen LogP contribution in [0.15, 0.2) is 22.7 Å². The van der Waals surface area contributed by atoms with Gasteiger partial charge in [0.05, 0.1) is 24.3 Å². The van der Waals surface area contributed by atoms with Gasteiger partial charge in [-0.3, -0.25) is 9.59 Å². The molecule has 1 N–H and O–H groups in total. The smallest absolute Gasteiger partial charge is 0.266 e. The van der Waals surface area contributed by atoms with Crippen molar-refractivity contribution in [3.8, 4) is 0 Å². The lowest BCUT2D eigenvalue weighted by Crippen LogP contribution is -3.15. The molecule has 0 saturated carbocycles. The summed E-state index contributed by atoms with van der Waals surface area (Å²) in [4.78, 5) is 27.1. The number of carbonyl (C=O) groups excluding carboxylic acids is 2. The highest BCUT2D eigenvalue weighted by Gasteiger charge is 2.38. The largest absolute Gasteiger partial charge is 0.370 e. The Morgan fingerprint density at radius 2 is 1.84 bits per heavy atom. The van der Waals surface area contributed by atoms with Crippen molar-refractivity contribution in [1.82, 2.24) is 4.90 Å². The normalized spacial score (nSPS) is 19.9. The predicted molar refractivity (Wildman–Crippen MR) is 71.0 cm³/mol. The molecule has 1 saturated heterocycles. The number of ether oxygens (including phenoxy) is 1. The fraction of sp³-hybridized carbons (Fsp3) is 0.385. The number of quaternary nitrogens is 1. The summed E-state index contributed by atoms with van der Waals surface area (Å²) in [6.45, 7) is 3.45. The van der Waals surface area contributed by atoms with Crippen molar-refractivity contribution < 1.29 is 19.2 Å². The standard InChI is InChI=1S/C13H13BrN2O3/c14-9-1-2-10-11(7-9)13(18)16(12(10)17)8-15-3-5-19-6-4-15/h1-2,7H,3-6,8H2/p+1. The highest BCUT2D eigenvalue weighted by molar-refractivity contribution is 9.10. The van der Waals surface area contributed by atoms with E-state index in [-0.39, 0.29) is 11.8 Å². The Hall–Kier alpha value is -1.24. The third-order valence-electron chi connectivity index (χ3n) is 3.51. The molecule has 0 atom stereocenters. The number of fused-ring (bicyclic) bond motifs is 1. The molecule has 0 radical (unpaired) electrons. The molecule has 100 valence electrons. The summed E-state index contributed by atoms with van der Waals surface area (Å²) < 4.78 is 6.09. The monoisotopic (exact) mass is 325 g/mol. The van der Waals surface area contributed by atoms with Crippen LogP contribution in [0.4, 0.5) is 0 Å². The van der Waals surface area contributed by atoms with Crippen LogP contribution in [0.3, 0.4) is 0 Å². The van der Waals surface area contributed by atoms with Crippen molar-refractivity contribution in [3.05, 3.63) is 33.8 Å². The van der Waals surface area contributed by atoms with Gasteiger partial charge in [0, 0.05) is 4.47 Å². The van der Waals surface area contributed by atoms with Gasteiger partial charge in [-0.25, -0.2) is 4.90 Å². The summed E-state index contributed by atoms with van der Waals surface area (Å²) in [5.41, 5.74) is 0.993. The number of hydrogen-bond donors (Lipinski definition) is 1. The van der Waals surface area contributed by atoms with Crippen molar-refractivity contribution >= 4 is 27.7 Å². The minimum Gasteiger partial charge on any atom is -0.370 e. The van der Waals surface area contributed by atoms with Gasteiger partial charge in [0.1, 0.15) is 13.1 Å². The topological polar surface area (TPSA) is 51.0 Å². The van der Waals surface area contributed by atoms with Crippen molar-refractivity contribution in [2.75, 3.05) is 33.0 Å². The first-order valence-electron chi connectivity index (χ1n) is 6.24. The van der Waals surface area contributed by atoms with E-state index in [4.69, 9.17) is 4.74 Å². The molecule has 1 aromatic carbocycles. The van der Waals surface area contributed by atoms with Crippen LogP contribution in [0.5, 0.6) is 0 Å². The average Bonchev–Trinajstić information content (AvgIpc) is 2.65. The summed E-state index contributed by atoms with van der Waals surface area (Å²) in [6.07, 6.45) is 0. The van der Waals surface area contributed by atoms with Crippen LogP contribution in [0.2, 0.25) is 0 Å². The molecule has 5 nitrogen and oxygen atoms in total. The molecule has 1 aromatic rings. The number of morpholine rings is 1. The first kappa shape index (κ1) is 12.8. The van der Waals surface area contributed by atoms with Crippen LogP contribution in [0, 0.1) is 0 Å². The summed E-state index contributed by atoms with van der Waals surface area (Å²) in [6, 6.07) is 5.20. The fourth-order valence-electron chi connectivity index (χ4n) is 2.45. The van der Waals surface area contributed by atoms with Gasteiger partial charge in [0.25, 0.3) is 11.8 Å². The van der Waals surface area contributed by atoms with Gasteiger partial charge in [-0.2, -0.15) is 0 Å². The van der Waals surface area contributed by atoms with Gasteiger partial charge in [0.15, 0.2) is 6.67 Å². The maximum Gasteiger partial charge on any atom is 0.266 e. The maximum atomic E-state index is 12.3. The van der Waals surface area contributed by atoms with E-state index >= 15 is 0 Å². The van der Waals surface area contributed by atoms with E-state index in [1.807, 2.05) is 0 Å². The molecule has 0 bridgehead atoms. The summed E-state index contributed by atoms with van der Waals surface area (Å²) in [5.74, 6) is -0.383. The Balaban J connectivity index is 1.81. The number of nitrogens with one attached hydrogen (secondary N) is 1. The summed E-state index contributed by atoms with van der Waals surface area (Å²) in [5, 5.41) is 0. The van der Waals surface area contributed by atoms with Crippen LogP contribution >= 0.6 is 15.9 Å². The molecule has 3 rings (SSSR count). The van der Waals surface area contributed by atoms with E-state index < -0.39 is 0 Å². The predicted octanol–water partition coefficient (Wildman–Crippen LogP) is -0.0823. The van der Waals surface area contributed by atoms with Gasteiger partial charge < -0.3 is 9.64 Å². The Bertz CT molecular complexity index is 541. The number of rotatable bonds is 2. The van der Waals surface area contributed by atoms with Crippen LogP contribution in [-0.2, 0) is 4.74 Å². The van der Waals surface area contributed by atoms with Crippen LogP contribution in [0.1, 0.15) is 20.7 Å². The molecule has 2 aliphatic heterocycles. The zero-order valence-electron chi connectivity index (χ0n) is 10.3. The zero-order valence-corrected chi connectivity index (χ0v) is 11.9. The van der Waals surface area contributed by atoms with Crippen LogP contribution in [0.25, 0.3) is 0 Å². The number of hydrogen-bond acceptors (Lipinski definition) is 3. The van der Waals surface area contributed by atoms with Crippen molar-refractivity contribution in [1.29, 1.82) is 0 Å². The molecular formula is C13H14BrN2O3+. The lowest BCUT2D eigenvalue weighted by molar-refractivity contribution is -0.915. The number of halogens is 1. The van der Waals surface area contributed by atoms with Gasteiger partial charge in [-0.05, 0) is 18.2 Å². The minimum absolute atomic E-state index is 0.188. The first-order valence-corrected chi connectivity index (χ1v) is 7.03. The van der Waals surface area contributed by atoms with Gasteiger partial charge in [-0.1, -0.05) is 15.9 Å². The highest BCUT2D eigenvalue weighted by atomic mass is 79.9. The van der Waals surface area contributed by atoms with E-state index in [9.17, 15) is 9.59 Å². The third kappa shape index (κ3) is 2.31. The quantitative estimate of drug-likeness (QED) is 0.774. The zero-order chi connectivity index (χ0) is 13.4. The van der Waals surface area contributed by atoms with Crippen molar-refractivity contribution in [3.63, 3.8) is 0 Å². The molecule has 0 spiro atoms. The molecule has 0 unspecified atom stereocenters. The number of imide groups is 1. The summed E-state index contributed by atoms with van der Waals surface area (Å²) in [7, 11) is 0. The maximum absolute atomic E-state index is 12.3. The van der Waals surface area contributed by atoms with Crippen molar-refractivity contribution in [2.45, 2.75) is 0 Å². The number of amides is 2. The molecule has 2 aliphatic rings. The second-order valence-electron chi connectivity index (χ2n) is 4.75. The Labute approximate surface area is 119 Å². The number of benzene rings is 1. The second-order valence-corrected chi connectivity index (χ2v) is 5.66. The molecule has 1 fully saturated rings. The molecule has 0 aromatic heterocycles. The fourth-order valence-corrected chi connectivity index (χ4v) is 2.81. The Morgan fingerprint density at radius 1 is 1.16 bits per heavy atom. The van der Waals surface area contributed by atoms with Gasteiger partial charge in [-0.15, -0.1) is 0 Å². The Morgan fingerprint density at radius 3 is 2.58 bits per heavy atom. The number of carbonyl (C=O) groups is 2. The Kier molecular flexibility index (Phi) is 3.38. The minimum atomic E-state index is -0.194. The van der Waals surface area contributed by atoms with Gasteiger partial charge in [0.2, 0.25) is 0 Å². The molecule has 2 heterocycles. The van der Waals surface area contributed by atoms with E-state index in [2.05, 4.69) is 15.9 Å². The van der Waals surface area contributed by atoms with Crippen LogP contribution < -0.4 is 4.90 Å². The number of nitrogens with zero attached hydrogens (tertiary/aromatic N) is 1. The highest BCUT2D eigenvalue weighted by Crippen LogP contribution is 2.25. The molecule has 0 aliphatic carbocycles. The average molecular weight is 326 g/mol. The van der Waals surface area contributed by atoms with Gasteiger partial charge >= 0.3 is 0 Å². The van der Waals surface area contributed by atoms with E-state index in [1.165, 1.54) is 9.80 Å². The van der Waals surface area contributed by atoms with Crippen molar-refractivity contribution in [2.24, 2.45) is 0 Å². The molecule has 19 heavy (non-hydrogen) atoms. The van der Waals surface area contributed by atoms with E-state index in [0.29, 0.717) is 31.0 Å². The lowest BCUT2D eigenvalue weighted by Gasteiger charge is -2.26.